The van der Waals surface area contributed by atoms with Crippen molar-refractivity contribution in [3.63, 3.8) is 0 Å². The van der Waals surface area contributed by atoms with Crippen LogP contribution in [0.3, 0.4) is 0 Å². The Hall–Kier alpha value is -1.90. The van der Waals surface area contributed by atoms with E-state index in [1.807, 2.05) is 0 Å². The van der Waals surface area contributed by atoms with Gasteiger partial charge in [0.15, 0.2) is 0 Å². The van der Waals surface area contributed by atoms with Crippen molar-refractivity contribution in [1.82, 2.24) is 4.98 Å². The molecule has 3 heteroatoms. The minimum Gasteiger partial charge on any atom is -0.384 e. The maximum absolute atomic E-state index is 12.9. The van der Waals surface area contributed by atoms with E-state index < -0.39 is 5.95 Å². The summed E-state index contributed by atoms with van der Waals surface area (Å²) >= 11 is 0. The summed E-state index contributed by atoms with van der Waals surface area (Å²) in [5.74, 6) is 0.103. The van der Waals surface area contributed by atoms with Crippen LogP contribution >= 0.6 is 0 Å². The molecular weight excluding hydrogens is 215 g/mol. The normalized spacial score (nSPS) is 17.1. The summed E-state index contributed by atoms with van der Waals surface area (Å²) in [7, 11) is 0. The lowest BCUT2D eigenvalue weighted by molar-refractivity contribution is 0.583. The summed E-state index contributed by atoms with van der Waals surface area (Å²) in [6.45, 7) is 0.848. The molecule has 1 unspecified atom stereocenters. The van der Waals surface area contributed by atoms with Gasteiger partial charge in [-0.2, -0.15) is 4.39 Å². The summed E-state index contributed by atoms with van der Waals surface area (Å²) in [4.78, 5) is 3.53. The fourth-order valence-corrected chi connectivity index (χ4v) is 2.30. The zero-order chi connectivity index (χ0) is 11.7. The van der Waals surface area contributed by atoms with Gasteiger partial charge in [-0.1, -0.05) is 24.3 Å². The molecule has 1 aromatic carbocycles. The van der Waals surface area contributed by atoms with Crippen molar-refractivity contribution in [2.45, 2.75) is 12.3 Å². The van der Waals surface area contributed by atoms with E-state index in [1.165, 1.54) is 23.4 Å². The quantitative estimate of drug-likeness (QED) is 0.817. The van der Waals surface area contributed by atoms with Gasteiger partial charge < -0.3 is 5.32 Å². The van der Waals surface area contributed by atoms with E-state index in [2.05, 4.69) is 34.6 Å². The predicted octanol–water partition coefficient (Wildman–Crippen LogP) is 2.97. The Morgan fingerprint density at radius 3 is 3.00 bits per heavy atom. The van der Waals surface area contributed by atoms with Crippen LogP contribution in [0.4, 0.5) is 10.1 Å². The first-order valence-electron chi connectivity index (χ1n) is 5.76. The number of aromatic nitrogens is 1. The minimum absolute atomic E-state index is 0.441. The number of nitrogens with zero attached hydrogens (tertiary/aromatic N) is 1. The van der Waals surface area contributed by atoms with Crippen LogP contribution in [0.15, 0.2) is 42.6 Å². The van der Waals surface area contributed by atoms with Gasteiger partial charge in [0.25, 0.3) is 0 Å². The zero-order valence-electron chi connectivity index (χ0n) is 9.36. The van der Waals surface area contributed by atoms with Crippen molar-refractivity contribution < 1.29 is 4.39 Å². The lowest BCUT2D eigenvalue weighted by Gasteiger charge is -2.30. The molecular formula is C14H13FN2. The molecule has 1 aromatic heterocycles. The van der Waals surface area contributed by atoms with Crippen LogP contribution in [0, 0.1) is 5.95 Å². The number of nitrogens with one attached hydrogen (secondary N) is 1. The molecule has 1 N–H and O–H groups in total. The van der Waals surface area contributed by atoms with Gasteiger partial charge in [-0.15, -0.1) is 0 Å². The van der Waals surface area contributed by atoms with Crippen molar-refractivity contribution >= 4 is 5.69 Å². The highest BCUT2D eigenvalue weighted by atomic mass is 19.1. The summed E-state index contributed by atoms with van der Waals surface area (Å²) in [5, 5.41) is 3.25. The van der Waals surface area contributed by atoms with Crippen LogP contribution < -0.4 is 5.32 Å². The van der Waals surface area contributed by atoms with Crippen molar-refractivity contribution in [2.24, 2.45) is 0 Å². The number of pyridine rings is 1. The molecule has 0 fully saturated rings. The molecule has 0 saturated carbocycles. The van der Waals surface area contributed by atoms with E-state index in [9.17, 15) is 4.39 Å². The molecule has 86 valence electrons. The van der Waals surface area contributed by atoms with E-state index >= 15 is 0 Å². The summed E-state index contributed by atoms with van der Waals surface area (Å²) < 4.78 is 12.9. The highest BCUT2D eigenvalue weighted by Crippen LogP contribution is 2.34. The first-order valence-corrected chi connectivity index (χ1v) is 5.76. The second-order valence-electron chi connectivity index (χ2n) is 4.35. The van der Waals surface area contributed by atoms with Gasteiger partial charge in [0.2, 0.25) is 5.95 Å². The van der Waals surface area contributed by atoms with Crippen molar-refractivity contribution in [2.75, 3.05) is 11.9 Å². The molecule has 0 saturated heterocycles. The van der Waals surface area contributed by atoms with Crippen LogP contribution in [0.1, 0.15) is 17.0 Å². The largest absolute Gasteiger partial charge is 0.384 e. The number of halogens is 1. The molecule has 1 aliphatic rings. The topological polar surface area (TPSA) is 24.9 Å². The number of benzene rings is 1. The van der Waals surface area contributed by atoms with Gasteiger partial charge in [-0.3, -0.25) is 0 Å². The van der Waals surface area contributed by atoms with Crippen molar-refractivity contribution in [3.8, 4) is 0 Å². The lowest BCUT2D eigenvalue weighted by atomic mass is 9.77. The van der Waals surface area contributed by atoms with Gasteiger partial charge >= 0.3 is 0 Å². The highest BCUT2D eigenvalue weighted by molar-refractivity contribution is 5.45. The SMILES string of the molecule is Fc1cc(NCC2Cc3ccccc32)ccn1. The Balaban J connectivity index is 1.64. The lowest BCUT2D eigenvalue weighted by Crippen LogP contribution is -2.24. The molecule has 1 aliphatic carbocycles. The van der Waals surface area contributed by atoms with Gasteiger partial charge in [0.1, 0.15) is 0 Å². The van der Waals surface area contributed by atoms with Crippen LogP contribution in [0.25, 0.3) is 0 Å². The van der Waals surface area contributed by atoms with Gasteiger partial charge in [-0.05, 0) is 23.6 Å². The average molecular weight is 228 g/mol. The van der Waals surface area contributed by atoms with Gasteiger partial charge in [0, 0.05) is 30.4 Å². The van der Waals surface area contributed by atoms with Crippen LogP contribution in [-0.2, 0) is 6.42 Å². The fourth-order valence-electron chi connectivity index (χ4n) is 2.30. The van der Waals surface area contributed by atoms with Crippen molar-refractivity contribution in [3.05, 3.63) is 59.7 Å². The Bertz CT molecular complexity index is 539. The molecule has 1 heterocycles. The van der Waals surface area contributed by atoms with Gasteiger partial charge in [0.05, 0.1) is 0 Å². The molecule has 3 rings (SSSR count). The minimum atomic E-state index is -0.441. The van der Waals surface area contributed by atoms with E-state index in [1.54, 1.807) is 6.07 Å². The van der Waals surface area contributed by atoms with E-state index in [0.717, 1.165) is 18.7 Å². The number of hydrogen-bond donors (Lipinski definition) is 1. The molecule has 17 heavy (non-hydrogen) atoms. The summed E-state index contributed by atoms with van der Waals surface area (Å²) in [6, 6.07) is 11.7. The molecule has 0 bridgehead atoms. The first kappa shape index (κ1) is 10.3. The number of fused-ring (bicyclic) bond motifs is 1. The Kier molecular flexibility index (Phi) is 2.52. The van der Waals surface area contributed by atoms with Crippen LogP contribution in [-0.4, -0.2) is 11.5 Å². The predicted molar refractivity (Wildman–Crippen MR) is 65.6 cm³/mol. The van der Waals surface area contributed by atoms with Crippen LogP contribution in [0.2, 0.25) is 0 Å². The second kappa shape index (κ2) is 4.17. The summed E-state index contributed by atoms with van der Waals surface area (Å²) in [6.07, 6.45) is 2.59. The Morgan fingerprint density at radius 1 is 1.29 bits per heavy atom. The maximum atomic E-state index is 12.9. The molecule has 0 radical (unpaired) electrons. The zero-order valence-corrected chi connectivity index (χ0v) is 9.36. The standard InChI is InChI=1S/C14H13FN2/c15-14-8-12(5-6-16-14)17-9-11-7-10-3-1-2-4-13(10)11/h1-6,8,11H,7,9H2,(H,16,17). The van der Waals surface area contributed by atoms with Crippen molar-refractivity contribution in [1.29, 1.82) is 0 Å². The highest BCUT2D eigenvalue weighted by Gasteiger charge is 2.24. The van der Waals surface area contributed by atoms with Crippen LogP contribution in [0.5, 0.6) is 0 Å². The molecule has 1 atom stereocenters. The number of rotatable bonds is 3. The average Bonchev–Trinajstić information content (AvgIpc) is 2.30. The van der Waals surface area contributed by atoms with E-state index in [4.69, 9.17) is 0 Å². The molecule has 2 aromatic rings. The number of hydrogen-bond acceptors (Lipinski definition) is 2. The third-order valence-corrected chi connectivity index (χ3v) is 3.24. The number of anilines is 1. The second-order valence-corrected chi connectivity index (χ2v) is 4.35. The third-order valence-electron chi connectivity index (χ3n) is 3.24. The molecule has 2 nitrogen and oxygen atoms in total. The Labute approximate surface area is 99.5 Å². The van der Waals surface area contributed by atoms with E-state index in [-0.39, 0.29) is 0 Å². The monoisotopic (exact) mass is 228 g/mol. The molecule has 0 spiro atoms. The maximum Gasteiger partial charge on any atom is 0.214 e. The van der Waals surface area contributed by atoms with E-state index in [0.29, 0.717) is 5.92 Å². The smallest absolute Gasteiger partial charge is 0.214 e. The van der Waals surface area contributed by atoms with Gasteiger partial charge in [-0.25, -0.2) is 4.98 Å². The fraction of sp³-hybridized carbons (Fsp3) is 0.214. The third kappa shape index (κ3) is 2.00. The molecule has 0 aliphatic heterocycles. The molecule has 0 amide bonds. The summed E-state index contributed by atoms with van der Waals surface area (Å²) in [5.41, 5.74) is 3.64. The Morgan fingerprint density at radius 2 is 2.18 bits per heavy atom. The first-order chi connectivity index (χ1) is 8.33.